The molecule has 128 valence electrons. The highest BCUT2D eigenvalue weighted by molar-refractivity contribution is 5.95. The first-order valence-electron chi connectivity index (χ1n) is 8.06. The molecule has 24 heavy (non-hydrogen) atoms. The lowest BCUT2D eigenvalue weighted by atomic mass is 10.2. The van der Waals surface area contributed by atoms with Crippen LogP contribution in [-0.4, -0.2) is 34.6 Å². The number of rotatable bonds is 3. The van der Waals surface area contributed by atoms with Crippen molar-refractivity contribution < 1.29 is 13.9 Å². The van der Waals surface area contributed by atoms with Crippen LogP contribution >= 0.6 is 0 Å². The molecule has 0 spiro atoms. The molecular formula is C18H22N2O4. The van der Waals surface area contributed by atoms with Gasteiger partial charge in [-0.05, 0) is 32.9 Å². The van der Waals surface area contributed by atoms with Gasteiger partial charge in [0.2, 0.25) is 0 Å². The van der Waals surface area contributed by atoms with Crippen LogP contribution in [0, 0.1) is 20.8 Å². The molecule has 1 aliphatic rings. The highest BCUT2D eigenvalue weighted by atomic mass is 16.5. The molecule has 6 heteroatoms. The van der Waals surface area contributed by atoms with Crippen LogP contribution in [0.5, 0.6) is 5.75 Å². The van der Waals surface area contributed by atoms with Crippen molar-refractivity contribution in [2.24, 2.45) is 7.05 Å². The van der Waals surface area contributed by atoms with E-state index in [0.29, 0.717) is 30.2 Å². The van der Waals surface area contributed by atoms with Crippen molar-refractivity contribution in [3.63, 3.8) is 0 Å². The number of nitrogens with zero attached hydrogens (tertiary/aromatic N) is 2. The normalized spacial score (nSPS) is 17.3. The molecule has 3 rings (SSSR count). The van der Waals surface area contributed by atoms with Gasteiger partial charge in [0.05, 0.1) is 12.1 Å². The van der Waals surface area contributed by atoms with Gasteiger partial charge in [0, 0.05) is 31.8 Å². The van der Waals surface area contributed by atoms with E-state index in [1.807, 2.05) is 19.9 Å². The Morgan fingerprint density at radius 3 is 2.62 bits per heavy atom. The molecule has 0 radical (unpaired) electrons. The van der Waals surface area contributed by atoms with Gasteiger partial charge in [0.25, 0.3) is 11.5 Å². The molecule has 0 aromatic carbocycles. The van der Waals surface area contributed by atoms with Crippen LogP contribution in [0.15, 0.2) is 27.4 Å². The summed E-state index contributed by atoms with van der Waals surface area (Å²) in [6.45, 7) is 6.64. The fraction of sp³-hybridized carbons (Fsp3) is 0.444. The van der Waals surface area contributed by atoms with Crippen LogP contribution in [0.4, 0.5) is 0 Å². The highest BCUT2D eigenvalue weighted by Gasteiger charge is 2.30. The van der Waals surface area contributed by atoms with Crippen molar-refractivity contribution in [3.8, 4) is 5.75 Å². The van der Waals surface area contributed by atoms with Crippen LogP contribution in [0.1, 0.15) is 34.0 Å². The summed E-state index contributed by atoms with van der Waals surface area (Å²) in [5, 5.41) is 0. The van der Waals surface area contributed by atoms with E-state index in [1.165, 1.54) is 6.07 Å². The Kier molecular flexibility index (Phi) is 4.22. The quantitative estimate of drug-likeness (QED) is 0.865. The Bertz CT molecular complexity index is 834. The Balaban J connectivity index is 1.68. The number of pyridine rings is 1. The molecule has 0 saturated carbocycles. The van der Waals surface area contributed by atoms with E-state index < -0.39 is 0 Å². The maximum atomic E-state index is 12.6. The van der Waals surface area contributed by atoms with Crippen molar-refractivity contribution in [3.05, 3.63) is 51.3 Å². The van der Waals surface area contributed by atoms with Gasteiger partial charge in [-0.1, -0.05) is 0 Å². The molecule has 0 aliphatic carbocycles. The Labute approximate surface area is 140 Å². The second kappa shape index (κ2) is 6.19. The summed E-state index contributed by atoms with van der Waals surface area (Å²) < 4.78 is 12.9. The van der Waals surface area contributed by atoms with Crippen molar-refractivity contribution in [2.45, 2.75) is 33.3 Å². The van der Waals surface area contributed by atoms with Gasteiger partial charge in [-0.2, -0.15) is 0 Å². The summed E-state index contributed by atoms with van der Waals surface area (Å²) in [5.74, 6) is 1.91. The number of ether oxygens (including phenoxy) is 1. The highest BCUT2D eigenvalue weighted by Crippen LogP contribution is 2.22. The van der Waals surface area contributed by atoms with Gasteiger partial charge in [0.1, 0.15) is 23.4 Å². The van der Waals surface area contributed by atoms with Crippen LogP contribution in [-0.2, 0) is 7.05 Å². The Morgan fingerprint density at radius 1 is 1.25 bits per heavy atom. The Morgan fingerprint density at radius 2 is 2.00 bits per heavy atom. The number of hydrogen-bond acceptors (Lipinski definition) is 4. The van der Waals surface area contributed by atoms with Gasteiger partial charge in [0.15, 0.2) is 0 Å². The zero-order valence-corrected chi connectivity index (χ0v) is 14.5. The summed E-state index contributed by atoms with van der Waals surface area (Å²) in [7, 11) is 1.73. The molecule has 0 N–H and O–H groups in total. The van der Waals surface area contributed by atoms with Gasteiger partial charge < -0.3 is 18.6 Å². The minimum absolute atomic E-state index is 0.0318. The third-order valence-corrected chi connectivity index (χ3v) is 4.48. The van der Waals surface area contributed by atoms with E-state index in [2.05, 4.69) is 0 Å². The van der Waals surface area contributed by atoms with Crippen molar-refractivity contribution in [1.29, 1.82) is 0 Å². The summed E-state index contributed by atoms with van der Waals surface area (Å²) in [6, 6.07) is 5.10. The molecule has 6 nitrogen and oxygen atoms in total. The van der Waals surface area contributed by atoms with Crippen LogP contribution in [0.2, 0.25) is 0 Å². The molecule has 1 amide bonds. The number of aromatic nitrogens is 1. The summed E-state index contributed by atoms with van der Waals surface area (Å²) in [5.41, 5.74) is 1.35. The Hall–Kier alpha value is -2.50. The molecular weight excluding hydrogens is 308 g/mol. The van der Waals surface area contributed by atoms with E-state index in [0.717, 1.165) is 17.9 Å². The molecule has 1 atom stereocenters. The van der Waals surface area contributed by atoms with E-state index in [9.17, 15) is 9.59 Å². The maximum Gasteiger partial charge on any atom is 0.257 e. The second-order valence-corrected chi connectivity index (χ2v) is 6.34. The topological polar surface area (TPSA) is 64.7 Å². The van der Waals surface area contributed by atoms with Crippen LogP contribution in [0.3, 0.4) is 0 Å². The number of likely N-dealkylation sites (tertiary alicyclic amines) is 1. The standard InChI is InChI=1S/C18H22N2O4/c1-11-7-15(9-17(21)19(11)4)24-14-5-6-20(10-14)18(22)16-8-12(2)23-13(16)3/h7-9,14H,5-6,10H2,1-4H3. The number of aryl methyl sites for hydroxylation is 3. The van der Waals surface area contributed by atoms with Gasteiger partial charge in [-0.15, -0.1) is 0 Å². The smallest absolute Gasteiger partial charge is 0.257 e. The summed E-state index contributed by atoms with van der Waals surface area (Å²) >= 11 is 0. The molecule has 1 unspecified atom stereocenters. The number of hydrogen-bond donors (Lipinski definition) is 0. The number of carbonyl (C=O) groups is 1. The second-order valence-electron chi connectivity index (χ2n) is 6.34. The van der Waals surface area contributed by atoms with Gasteiger partial charge in [-0.3, -0.25) is 9.59 Å². The molecule has 2 aromatic heterocycles. The fourth-order valence-electron chi connectivity index (χ4n) is 3.02. The fourth-order valence-corrected chi connectivity index (χ4v) is 3.02. The SMILES string of the molecule is Cc1cc(C(=O)N2CCC(Oc3cc(C)n(C)c(=O)c3)C2)c(C)o1. The number of carbonyl (C=O) groups excluding carboxylic acids is 1. The predicted molar refractivity (Wildman–Crippen MR) is 89.5 cm³/mol. The average molecular weight is 330 g/mol. The lowest BCUT2D eigenvalue weighted by Crippen LogP contribution is -2.31. The van der Waals surface area contributed by atoms with Crippen LogP contribution in [0.25, 0.3) is 0 Å². The predicted octanol–water partition coefficient (Wildman–Crippen LogP) is 2.20. The van der Waals surface area contributed by atoms with Crippen molar-refractivity contribution in [2.75, 3.05) is 13.1 Å². The van der Waals surface area contributed by atoms with Crippen molar-refractivity contribution in [1.82, 2.24) is 9.47 Å². The average Bonchev–Trinajstić information content (AvgIpc) is 3.10. The molecule has 1 aliphatic heterocycles. The lowest BCUT2D eigenvalue weighted by Gasteiger charge is -2.17. The largest absolute Gasteiger partial charge is 0.488 e. The third kappa shape index (κ3) is 3.09. The van der Waals surface area contributed by atoms with Gasteiger partial charge in [-0.25, -0.2) is 0 Å². The van der Waals surface area contributed by atoms with E-state index in [-0.39, 0.29) is 17.6 Å². The minimum atomic E-state index is -0.103. The lowest BCUT2D eigenvalue weighted by molar-refractivity contribution is 0.0770. The van der Waals surface area contributed by atoms with Crippen LogP contribution < -0.4 is 10.3 Å². The van der Waals surface area contributed by atoms with Crippen molar-refractivity contribution >= 4 is 5.91 Å². The minimum Gasteiger partial charge on any atom is -0.488 e. The zero-order valence-electron chi connectivity index (χ0n) is 14.5. The molecule has 0 bridgehead atoms. The molecule has 3 heterocycles. The molecule has 1 fully saturated rings. The van der Waals surface area contributed by atoms with Gasteiger partial charge >= 0.3 is 0 Å². The first-order chi connectivity index (χ1) is 11.3. The monoisotopic (exact) mass is 330 g/mol. The molecule has 1 saturated heterocycles. The van der Waals surface area contributed by atoms with E-state index in [4.69, 9.17) is 9.15 Å². The number of amides is 1. The first kappa shape index (κ1) is 16.4. The third-order valence-electron chi connectivity index (χ3n) is 4.48. The van der Waals surface area contributed by atoms with E-state index >= 15 is 0 Å². The summed E-state index contributed by atoms with van der Waals surface area (Å²) in [4.78, 5) is 26.2. The van der Waals surface area contributed by atoms with E-state index in [1.54, 1.807) is 29.5 Å². The molecule has 2 aromatic rings. The zero-order chi connectivity index (χ0) is 17.4. The number of furan rings is 1. The summed E-state index contributed by atoms with van der Waals surface area (Å²) in [6.07, 6.45) is 0.643. The first-order valence-corrected chi connectivity index (χ1v) is 8.06. The maximum absolute atomic E-state index is 12.6.